The van der Waals surface area contributed by atoms with Gasteiger partial charge in [-0.15, -0.1) is 6.42 Å². The van der Waals surface area contributed by atoms with Crippen LogP contribution < -0.4 is 0 Å². The van der Waals surface area contributed by atoms with Gasteiger partial charge in [0.2, 0.25) is 0 Å². The molecule has 3 aliphatic rings. The van der Waals surface area contributed by atoms with Crippen LogP contribution in [0.15, 0.2) is 0 Å². The molecule has 5 heteroatoms. The molecule has 3 rings (SSSR count). The third kappa shape index (κ3) is 4.47. The summed E-state index contributed by atoms with van der Waals surface area (Å²) in [7, 11) is -0.410. The van der Waals surface area contributed by atoms with Crippen molar-refractivity contribution in [3.05, 3.63) is 0 Å². The maximum absolute atomic E-state index is 5.11. The van der Waals surface area contributed by atoms with Gasteiger partial charge >= 0.3 is 0 Å². The van der Waals surface area contributed by atoms with Crippen molar-refractivity contribution in [1.82, 2.24) is 18.9 Å². The third-order valence-corrected chi connectivity index (χ3v) is 6.88. The van der Waals surface area contributed by atoms with Crippen LogP contribution in [-0.2, 0) is 0 Å². The van der Waals surface area contributed by atoms with E-state index in [9.17, 15) is 0 Å². The zero-order valence-electron chi connectivity index (χ0n) is 13.7. The van der Waals surface area contributed by atoms with Crippen LogP contribution in [0.3, 0.4) is 0 Å². The highest BCUT2D eigenvalue weighted by Crippen LogP contribution is 2.48. The second-order valence-corrected chi connectivity index (χ2v) is 7.52. The van der Waals surface area contributed by atoms with Crippen molar-refractivity contribution >= 4 is 8.37 Å². The molecule has 0 aromatic heterocycles. The Hall–Kier alpha value is -1.05. The van der Waals surface area contributed by atoms with Crippen LogP contribution in [0.25, 0.3) is 0 Å². The Balaban J connectivity index is 2.17. The molecule has 2 bridgehead atoms. The summed E-state index contributed by atoms with van der Waals surface area (Å²) in [6.45, 7) is 14.4. The molecule has 3 heterocycles. The molecule has 3 saturated heterocycles. The van der Waals surface area contributed by atoms with E-state index in [2.05, 4.69) is 62.4 Å². The first-order valence-corrected chi connectivity index (χ1v) is 9.20. The summed E-state index contributed by atoms with van der Waals surface area (Å²) >= 11 is 0. The lowest BCUT2D eigenvalue weighted by atomic mass is 10.4. The molecule has 118 valence electrons. The van der Waals surface area contributed by atoms with Gasteiger partial charge in [-0.25, -0.2) is 4.67 Å². The molecule has 0 unspecified atom stereocenters. The highest BCUT2D eigenvalue weighted by atomic mass is 31.2. The largest absolute Gasteiger partial charge is 0.299 e. The number of fused-ring (bicyclic) bond motifs is 6. The molecule has 22 heavy (non-hydrogen) atoms. The van der Waals surface area contributed by atoms with Crippen molar-refractivity contribution in [2.75, 3.05) is 58.9 Å². The highest BCUT2D eigenvalue weighted by molar-refractivity contribution is 7.50. The normalized spacial score (nSPS) is 26.6. The maximum atomic E-state index is 5.11. The van der Waals surface area contributed by atoms with E-state index in [0.29, 0.717) is 0 Å². The van der Waals surface area contributed by atoms with Gasteiger partial charge in [-0.2, -0.15) is 0 Å². The molecular formula is C17H25N4P. The molecule has 0 saturated carbocycles. The minimum atomic E-state index is -0.410. The van der Waals surface area contributed by atoms with E-state index in [1.54, 1.807) is 0 Å². The fourth-order valence-electron chi connectivity index (χ4n) is 2.86. The molecule has 0 spiro atoms. The van der Waals surface area contributed by atoms with Gasteiger partial charge < -0.3 is 0 Å². The molecule has 0 N–H and O–H groups in total. The highest BCUT2D eigenvalue weighted by Gasteiger charge is 2.34. The number of likely N-dealkylation sites (N-methyl/N-ethyl adjacent to an activating group) is 2. The predicted octanol–water partition coefficient (Wildman–Crippen LogP) is 1.13. The summed E-state index contributed by atoms with van der Waals surface area (Å²) in [6.07, 6.45) is 5.11. The smallest absolute Gasteiger partial charge is 0.121 e. The molecule has 3 aliphatic heterocycles. The second-order valence-electron chi connectivity index (χ2n) is 5.29. The average molecular weight is 316 g/mol. The quantitative estimate of drug-likeness (QED) is 0.571. The van der Waals surface area contributed by atoms with Gasteiger partial charge in [0, 0.05) is 52.4 Å². The SMILES string of the molecule is C#CC#CC#CCN1CCN2CCN(CC)P1N(CC)CC2. The maximum Gasteiger partial charge on any atom is 0.121 e. The van der Waals surface area contributed by atoms with E-state index >= 15 is 0 Å². The van der Waals surface area contributed by atoms with Crippen LogP contribution in [0.1, 0.15) is 13.8 Å². The number of terminal acetylenes is 1. The van der Waals surface area contributed by atoms with Crippen LogP contribution in [-0.4, -0.2) is 77.8 Å². The minimum Gasteiger partial charge on any atom is -0.299 e. The van der Waals surface area contributed by atoms with E-state index in [1.807, 2.05) is 0 Å². The Morgan fingerprint density at radius 1 is 0.818 bits per heavy atom. The fourth-order valence-corrected chi connectivity index (χ4v) is 5.45. The van der Waals surface area contributed by atoms with E-state index in [-0.39, 0.29) is 0 Å². The molecule has 0 aliphatic carbocycles. The van der Waals surface area contributed by atoms with Gasteiger partial charge in [-0.3, -0.25) is 14.2 Å². The summed E-state index contributed by atoms with van der Waals surface area (Å²) in [5.74, 6) is 13.6. The minimum absolute atomic E-state index is 0.410. The average Bonchev–Trinajstić information content (AvgIpc) is 2.49. The van der Waals surface area contributed by atoms with Gasteiger partial charge in [0.05, 0.1) is 6.54 Å². The van der Waals surface area contributed by atoms with Crippen molar-refractivity contribution in [2.24, 2.45) is 0 Å². The van der Waals surface area contributed by atoms with Crippen LogP contribution in [0.5, 0.6) is 0 Å². The Bertz CT molecular complexity index is 503. The summed E-state index contributed by atoms with van der Waals surface area (Å²) in [5, 5.41) is 0. The van der Waals surface area contributed by atoms with Crippen LogP contribution in [0.4, 0.5) is 0 Å². The van der Waals surface area contributed by atoms with Gasteiger partial charge in [0.15, 0.2) is 0 Å². The van der Waals surface area contributed by atoms with Crippen LogP contribution in [0, 0.1) is 36.0 Å². The zero-order valence-corrected chi connectivity index (χ0v) is 14.6. The molecule has 0 aromatic rings. The monoisotopic (exact) mass is 316 g/mol. The standard InChI is InChI=1S/C17H25N4P/c1-4-7-8-9-10-11-21-17-14-18-12-15-19(5-2)22(21)20(6-3)16-13-18/h1H,5-6,11-17H2,2-3H3. The first-order valence-electron chi connectivity index (χ1n) is 8.00. The van der Waals surface area contributed by atoms with E-state index in [4.69, 9.17) is 6.42 Å². The third-order valence-electron chi connectivity index (χ3n) is 4.06. The Morgan fingerprint density at radius 2 is 1.41 bits per heavy atom. The summed E-state index contributed by atoms with van der Waals surface area (Å²) in [4.78, 5) is 2.58. The lowest BCUT2D eigenvalue weighted by Crippen LogP contribution is -2.52. The van der Waals surface area contributed by atoms with Gasteiger partial charge in [0.1, 0.15) is 8.37 Å². The van der Waals surface area contributed by atoms with Crippen molar-refractivity contribution in [2.45, 2.75) is 13.8 Å². The topological polar surface area (TPSA) is 13.0 Å². The molecule has 0 atom stereocenters. The van der Waals surface area contributed by atoms with Crippen molar-refractivity contribution in [1.29, 1.82) is 0 Å². The van der Waals surface area contributed by atoms with E-state index in [1.165, 1.54) is 13.1 Å². The summed E-state index contributed by atoms with van der Waals surface area (Å²) < 4.78 is 7.79. The Kier molecular flexibility index (Phi) is 7.21. The molecule has 0 aromatic carbocycles. The number of rotatable bonds is 3. The lowest BCUT2D eigenvalue weighted by molar-refractivity contribution is 0.173. The number of hydrogen-bond donors (Lipinski definition) is 0. The van der Waals surface area contributed by atoms with Crippen molar-refractivity contribution in [3.63, 3.8) is 0 Å². The lowest BCUT2D eigenvalue weighted by Gasteiger charge is -2.49. The fraction of sp³-hybridized carbons (Fsp3) is 0.647. The van der Waals surface area contributed by atoms with E-state index < -0.39 is 8.37 Å². The number of hydrogen-bond acceptors (Lipinski definition) is 4. The van der Waals surface area contributed by atoms with Crippen molar-refractivity contribution in [3.8, 4) is 36.0 Å². The predicted molar refractivity (Wildman–Crippen MR) is 93.8 cm³/mol. The summed E-state index contributed by atoms with van der Waals surface area (Å²) in [5.41, 5.74) is 0. The Morgan fingerprint density at radius 3 is 1.95 bits per heavy atom. The van der Waals surface area contributed by atoms with Crippen molar-refractivity contribution < 1.29 is 0 Å². The molecule has 4 nitrogen and oxygen atoms in total. The van der Waals surface area contributed by atoms with Crippen LogP contribution >= 0.6 is 8.37 Å². The first-order chi connectivity index (χ1) is 10.8. The Labute approximate surface area is 136 Å². The zero-order chi connectivity index (χ0) is 15.8. The molecule has 3 fully saturated rings. The molecular weight excluding hydrogens is 291 g/mol. The molecule has 0 amide bonds. The molecule has 0 radical (unpaired) electrons. The van der Waals surface area contributed by atoms with Crippen LogP contribution in [0.2, 0.25) is 0 Å². The first kappa shape index (κ1) is 17.3. The van der Waals surface area contributed by atoms with Gasteiger partial charge in [0.25, 0.3) is 0 Å². The van der Waals surface area contributed by atoms with Gasteiger partial charge in [-0.1, -0.05) is 19.8 Å². The van der Waals surface area contributed by atoms with E-state index in [0.717, 1.165) is 45.8 Å². The second kappa shape index (κ2) is 9.17. The van der Waals surface area contributed by atoms with Gasteiger partial charge in [-0.05, 0) is 23.7 Å². The summed E-state index contributed by atoms with van der Waals surface area (Å²) in [6, 6.07) is 0. The number of nitrogens with zero attached hydrogens (tertiary/aromatic N) is 4.